The first-order valence-corrected chi connectivity index (χ1v) is 9.23. The number of aromatic nitrogens is 1. The standard InChI is InChI=1S/C20H17F6N3O3/c21-19(22,23)12-3-1-11(2-4-12)15(16(27)30)18(17(31)32)5-6-29(10-18)14-7-13(8-28-9-14)20(24,25)26/h1-4,7-9,15H,5-6,10H2,(H2,27,30)(H,31,32)/t15?,18-/m0/s1. The van der Waals surface area contributed by atoms with Gasteiger partial charge in [-0.25, -0.2) is 0 Å². The van der Waals surface area contributed by atoms with Gasteiger partial charge in [0.05, 0.1) is 28.9 Å². The van der Waals surface area contributed by atoms with Gasteiger partial charge in [-0.2, -0.15) is 26.3 Å². The first-order valence-electron chi connectivity index (χ1n) is 9.23. The largest absolute Gasteiger partial charge is 0.481 e. The van der Waals surface area contributed by atoms with Crippen molar-refractivity contribution in [1.29, 1.82) is 0 Å². The monoisotopic (exact) mass is 461 g/mol. The number of pyridine rings is 1. The van der Waals surface area contributed by atoms with Gasteiger partial charge in [-0.15, -0.1) is 0 Å². The Bertz CT molecular complexity index is 1020. The van der Waals surface area contributed by atoms with Crippen molar-refractivity contribution in [2.45, 2.75) is 24.7 Å². The third kappa shape index (κ3) is 4.34. The van der Waals surface area contributed by atoms with Gasteiger partial charge in [0.1, 0.15) is 5.41 Å². The van der Waals surface area contributed by atoms with Crippen LogP contribution in [0.2, 0.25) is 0 Å². The minimum atomic E-state index is -4.66. The molecule has 1 aromatic carbocycles. The van der Waals surface area contributed by atoms with Gasteiger partial charge < -0.3 is 15.7 Å². The second-order valence-corrected chi connectivity index (χ2v) is 7.52. The van der Waals surface area contributed by atoms with E-state index in [0.717, 1.165) is 24.4 Å². The number of amides is 1. The molecule has 172 valence electrons. The molecule has 0 spiro atoms. The van der Waals surface area contributed by atoms with E-state index in [0.29, 0.717) is 18.3 Å². The van der Waals surface area contributed by atoms with E-state index in [9.17, 15) is 41.0 Å². The first kappa shape index (κ1) is 23.4. The van der Waals surface area contributed by atoms with Crippen LogP contribution in [0.1, 0.15) is 29.0 Å². The number of primary amides is 1. The second-order valence-electron chi connectivity index (χ2n) is 7.52. The minimum Gasteiger partial charge on any atom is -0.481 e. The molecule has 1 saturated heterocycles. The molecular weight excluding hydrogens is 444 g/mol. The van der Waals surface area contributed by atoms with Crippen molar-refractivity contribution >= 4 is 17.6 Å². The zero-order valence-corrected chi connectivity index (χ0v) is 16.2. The van der Waals surface area contributed by atoms with E-state index in [1.165, 1.54) is 4.90 Å². The normalized spacial score (nSPS) is 20.2. The third-order valence-corrected chi connectivity index (χ3v) is 5.55. The number of carbonyl (C=O) groups is 2. The summed E-state index contributed by atoms with van der Waals surface area (Å²) in [5.74, 6) is -4.02. The van der Waals surface area contributed by atoms with E-state index >= 15 is 0 Å². The fraction of sp³-hybridized carbons (Fsp3) is 0.350. The molecule has 1 aromatic heterocycles. The van der Waals surface area contributed by atoms with Crippen molar-refractivity contribution < 1.29 is 41.0 Å². The van der Waals surface area contributed by atoms with E-state index in [2.05, 4.69) is 4.98 Å². The van der Waals surface area contributed by atoms with Crippen molar-refractivity contribution in [3.05, 3.63) is 59.4 Å². The Morgan fingerprint density at radius 2 is 1.62 bits per heavy atom. The average molecular weight is 461 g/mol. The molecular formula is C20H17F6N3O3. The van der Waals surface area contributed by atoms with Crippen molar-refractivity contribution in [3.63, 3.8) is 0 Å². The molecule has 0 aliphatic carbocycles. The SMILES string of the molecule is NC(=O)C(c1ccc(C(F)(F)F)cc1)[C@]1(C(=O)O)CCN(c2cncc(C(F)(F)F)c2)C1. The van der Waals surface area contributed by atoms with Crippen LogP contribution in [0.25, 0.3) is 0 Å². The zero-order chi connectivity index (χ0) is 23.9. The highest BCUT2D eigenvalue weighted by atomic mass is 19.4. The van der Waals surface area contributed by atoms with E-state index < -0.39 is 46.7 Å². The van der Waals surface area contributed by atoms with Crippen molar-refractivity contribution in [2.24, 2.45) is 11.1 Å². The molecule has 12 heteroatoms. The Morgan fingerprint density at radius 3 is 2.12 bits per heavy atom. The summed E-state index contributed by atoms with van der Waals surface area (Å²) in [5.41, 5.74) is 1.54. The number of anilines is 1. The molecule has 1 amide bonds. The molecule has 0 saturated carbocycles. The quantitative estimate of drug-likeness (QED) is 0.663. The molecule has 1 fully saturated rings. The average Bonchev–Trinajstić information content (AvgIpc) is 3.13. The molecule has 32 heavy (non-hydrogen) atoms. The van der Waals surface area contributed by atoms with Crippen LogP contribution in [-0.4, -0.2) is 35.1 Å². The number of halogens is 6. The Labute approximate surface area is 177 Å². The van der Waals surface area contributed by atoms with Crippen molar-refractivity contribution in [2.75, 3.05) is 18.0 Å². The summed E-state index contributed by atoms with van der Waals surface area (Å²) in [6.07, 6.45) is -7.72. The lowest BCUT2D eigenvalue weighted by molar-refractivity contribution is -0.151. The fourth-order valence-corrected chi connectivity index (χ4v) is 3.96. The van der Waals surface area contributed by atoms with E-state index in [1.807, 2.05) is 0 Å². The van der Waals surface area contributed by atoms with Crippen LogP contribution >= 0.6 is 0 Å². The van der Waals surface area contributed by atoms with E-state index in [4.69, 9.17) is 5.73 Å². The van der Waals surface area contributed by atoms with Crippen molar-refractivity contribution in [1.82, 2.24) is 4.98 Å². The number of alkyl halides is 6. The summed E-state index contributed by atoms with van der Waals surface area (Å²) in [7, 11) is 0. The lowest BCUT2D eigenvalue weighted by atomic mass is 9.70. The van der Waals surface area contributed by atoms with Gasteiger partial charge in [0.25, 0.3) is 0 Å². The van der Waals surface area contributed by atoms with Crippen LogP contribution in [0.4, 0.5) is 32.0 Å². The number of carboxylic acids is 1. The topological polar surface area (TPSA) is 96.5 Å². The third-order valence-electron chi connectivity index (χ3n) is 5.55. The number of hydrogen-bond donors (Lipinski definition) is 2. The molecule has 2 aromatic rings. The van der Waals surface area contributed by atoms with Gasteiger partial charge in [0, 0.05) is 19.3 Å². The fourth-order valence-electron chi connectivity index (χ4n) is 3.96. The Morgan fingerprint density at radius 1 is 1.03 bits per heavy atom. The first-order chi connectivity index (χ1) is 14.8. The Balaban J connectivity index is 1.99. The summed E-state index contributed by atoms with van der Waals surface area (Å²) in [4.78, 5) is 29.4. The molecule has 1 aliphatic rings. The van der Waals surface area contributed by atoms with Gasteiger partial charge in [-0.05, 0) is 30.2 Å². The predicted octanol–water partition coefficient (Wildman–Crippen LogP) is 3.67. The van der Waals surface area contributed by atoms with Crippen LogP contribution in [0.5, 0.6) is 0 Å². The van der Waals surface area contributed by atoms with Crippen LogP contribution in [0.3, 0.4) is 0 Å². The summed E-state index contributed by atoms with van der Waals surface area (Å²) < 4.78 is 77.6. The number of carboxylic acid groups (broad SMARTS) is 1. The highest BCUT2D eigenvalue weighted by Crippen LogP contribution is 2.46. The van der Waals surface area contributed by atoms with Gasteiger partial charge in [0.15, 0.2) is 0 Å². The van der Waals surface area contributed by atoms with Crippen LogP contribution in [-0.2, 0) is 21.9 Å². The van der Waals surface area contributed by atoms with Gasteiger partial charge in [0.2, 0.25) is 5.91 Å². The van der Waals surface area contributed by atoms with Crippen molar-refractivity contribution in [3.8, 4) is 0 Å². The highest BCUT2D eigenvalue weighted by molar-refractivity contribution is 5.91. The van der Waals surface area contributed by atoms with Gasteiger partial charge in [-0.1, -0.05) is 12.1 Å². The van der Waals surface area contributed by atoms with Gasteiger partial charge in [-0.3, -0.25) is 14.6 Å². The molecule has 3 N–H and O–H groups in total. The molecule has 2 heterocycles. The summed E-state index contributed by atoms with van der Waals surface area (Å²) >= 11 is 0. The van der Waals surface area contributed by atoms with Crippen LogP contribution in [0, 0.1) is 5.41 Å². The molecule has 1 unspecified atom stereocenters. The number of carbonyl (C=O) groups excluding carboxylic acids is 1. The van der Waals surface area contributed by atoms with Crippen LogP contribution in [0.15, 0.2) is 42.7 Å². The number of nitrogens with two attached hydrogens (primary N) is 1. The lowest BCUT2D eigenvalue weighted by Gasteiger charge is -2.32. The van der Waals surface area contributed by atoms with Crippen LogP contribution < -0.4 is 10.6 Å². The number of rotatable bonds is 5. The maximum absolute atomic E-state index is 13.0. The molecule has 0 radical (unpaired) electrons. The second kappa shape index (κ2) is 7.99. The number of aliphatic carboxylic acids is 1. The number of hydrogen-bond acceptors (Lipinski definition) is 4. The Kier molecular flexibility index (Phi) is 5.83. The lowest BCUT2D eigenvalue weighted by Crippen LogP contribution is -2.45. The highest BCUT2D eigenvalue weighted by Gasteiger charge is 2.54. The predicted molar refractivity (Wildman–Crippen MR) is 99.5 cm³/mol. The zero-order valence-electron chi connectivity index (χ0n) is 16.2. The molecule has 3 rings (SSSR count). The maximum Gasteiger partial charge on any atom is 0.417 e. The smallest absolute Gasteiger partial charge is 0.417 e. The summed E-state index contributed by atoms with van der Waals surface area (Å²) in [6.45, 7) is -0.417. The molecule has 6 nitrogen and oxygen atoms in total. The molecule has 2 atom stereocenters. The van der Waals surface area contributed by atoms with Gasteiger partial charge >= 0.3 is 18.3 Å². The molecule has 0 bridgehead atoms. The number of benzene rings is 1. The van der Waals surface area contributed by atoms with E-state index in [-0.39, 0.29) is 30.8 Å². The number of nitrogens with zero attached hydrogens (tertiary/aromatic N) is 2. The molecule has 1 aliphatic heterocycles. The summed E-state index contributed by atoms with van der Waals surface area (Å²) in [5, 5.41) is 9.97. The van der Waals surface area contributed by atoms with E-state index in [1.54, 1.807) is 0 Å². The Hall–Kier alpha value is -3.31. The summed E-state index contributed by atoms with van der Waals surface area (Å²) in [6, 6.07) is 4.20. The maximum atomic E-state index is 13.0. The minimum absolute atomic E-state index is 0.00131.